The molecule has 1 saturated heterocycles. The maximum atomic E-state index is 14.4. The quantitative estimate of drug-likeness (QED) is 0.283. The summed E-state index contributed by atoms with van der Waals surface area (Å²) in [6, 6.07) is 8.17. The third kappa shape index (κ3) is 6.74. The van der Waals surface area contributed by atoms with E-state index in [1.54, 1.807) is 30.5 Å². The van der Waals surface area contributed by atoms with E-state index >= 15 is 0 Å². The zero-order valence-corrected chi connectivity index (χ0v) is 25.0. The molecular formula is C28H33F3N4O4S2. The fourth-order valence-electron chi connectivity index (χ4n) is 4.65. The number of rotatable bonds is 9. The third-order valence-corrected chi connectivity index (χ3v) is 9.62. The van der Waals surface area contributed by atoms with E-state index in [4.69, 9.17) is 4.74 Å². The van der Waals surface area contributed by atoms with Gasteiger partial charge in [0.25, 0.3) is 0 Å². The molecule has 222 valence electrons. The molecular weight excluding hydrogens is 577 g/mol. The summed E-state index contributed by atoms with van der Waals surface area (Å²) in [5.41, 5.74) is 0.736. The van der Waals surface area contributed by atoms with E-state index in [0.29, 0.717) is 36.9 Å². The van der Waals surface area contributed by atoms with Crippen molar-refractivity contribution in [2.75, 3.05) is 51.3 Å². The number of carbonyl (C=O) groups excluding carboxylic acids is 1. The van der Waals surface area contributed by atoms with Gasteiger partial charge in [0.2, 0.25) is 10.0 Å². The Labute approximate surface area is 242 Å². The number of aryl methyl sites for hydroxylation is 1. The number of sulfonamides is 1. The van der Waals surface area contributed by atoms with Gasteiger partial charge in [0, 0.05) is 43.8 Å². The maximum Gasteiger partial charge on any atom is 0.417 e. The Kier molecular flexibility index (Phi) is 9.42. The number of ether oxygens (including phenoxy) is 1. The number of nitrogens with zero attached hydrogens (tertiary/aromatic N) is 4. The van der Waals surface area contributed by atoms with Crippen molar-refractivity contribution in [1.82, 2.24) is 14.2 Å². The van der Waals surface area contributed by atoms with E-state index in [1.165, 1.54) is 27.8 Å². The van der Waals surface area contributed by atoms with Crippen LogP contribution in [0.5, 0.6) is 0 Å². The van der Waals surface area contributed by atoms with Gasteiger partial charge in [-0.2, -0.15) is 17.5 Å². The highest BCUT2D eigenvalue weighted by molar-refractivity contribution is 7.89. The number of aromatic nitrogens is 1. The number of halogens is 3. The summed E-state index contributed by atoms with van der Waals surface area (Å²) in [6.45, 7) is 7.67. The number of hydrogen-bond donors (Lipinski definition) is 0. The van der Waals surface area contributed by atoms with Gasteiger partial charge in [-0.05, 0) is 62.2 Å². The number of anilines is 2. The highest BCUT2D eigenvalue weighted by Crippen LogP contribution is 2.41. The predicted molar refractivity (Wildman–Crippen MR) is 153 cm³/mol. The molecule has 8 nitrogen and oxygen atoms in total. The van der Waals surface area contributed by atoms with Crippen LogP contribution in [0.2, 0.25) is 0 Å². The maximum absolute atomic E-state index is 14.4. The van der Waals surface area contributed by atoms with Crippen molar-refractivity contribution in [2.24, 2.45) is 0 Å². The van der Waals surface area contributed by atoms with Crippen molar-refractivity contribution in [3.05, 3.63) is 58.6 Å². The summed E-state index contributed by atoms with van der Waals surface area (Å²) in [4.78, 5) is 20.1. The first-order valence-electron chi connectivity index (χ1n) is 13.3. The number of piperazine rings is 1. The van der Waals surface area contributed by atoms with Crippen molar-refractivity contribution in [1.29, 1.82) is 0 Å². The lowest BCUT2D eigenvalue weighted by atomic mass is 9.97. The minimum Gasteiger partial charge on any atom is -0.461 e. The summed E-state index contributed by atoms with van der Waals surface area (Å²) in [6.07, 6.45) is -4.08. The molecule has 1 aliphatic rings. The van der Waals surface area contributed by atoms with Crippen LogP contribution in [0.3, 0.4) is 0 Å². The molecule has 0 unspecified atom stereocenters. The highest BCUT2D eigenvalue weighted by Gasteiger charge is 2.37. The summed E-state index contributed by atoms with van der Waals surface area (Å²) in [7, 11) is -2.23. The molecule has 3 aromatic rings. The highest BCUT2D eigenvalue weighted by atomic mass is 32.2. The Bertz CT molecular complexity index is 1500. The van der Waals surface area contributed by atoms with Crippen LogP contribution in [-0.2, 0) is 20.9 Å². The van der Waals surface area contributed by atoms with Crippen LogP contribution in [0, 0.1) is 6.92 Å². The number of hydrogen-bond acceptors (Lipinski definition) is 8. The van der Waals surface area contributed by atoms with Crippen LogP contribution in [-0.4, -0.2) is 75.0 Å². The number of benzene rings is 2. The SMILES string of the molecule is CCCN(c1nc(C(=O)OCC)cs1)c1cc(-c2ccc(S(=O)(=O)N3CCN(C)CC3)cc2C(F)(F)F)ccc1C. The second-order valence-corrected chi connectivity index (χ2v) is 12.6. The summed E-state index contributed by atoms with van der Waals surface area (Å²) in [5, 5.41) is 2.11. The molecule has 0 radical (unpaired) electrons. The van der Waals surface area contributed by atoms with Crippen LogP contribution in [0.25, 0.3) is 11.1 Å². The van der Waals surface area contributed by atoms with Gasteiger partial charge in [0.05, 0.1) is 17.1 Å². The van der Waals surface area contributed by atoms with Gasteiger partial charge in [-0.3, -0.25) is 0 Å². The number of likely N-dealkylation sites (N-methyl/N-ethyl adjacent to an activating group) is 1. The molecule has 13 heteroatoms. The molecule has 0 amide bonds. The average molecular weight is 611 g/mol. The summed E-state index contributed by atoms with van der Waals surface area (Å²) in [5.74, 6) is -0.543. The smallest absolute Gasteiger partial charge is 0.417 e. The lowest BCUT2D eigenvalue weighted by Crippen LogP contribution is -2.47. The monoisotopic (exact) mass is 610 g/mol. The van der Waals surface area contributed by atoms with Gasteiger partial charge in [-0.25, -0.2) is 18.2 Å². The van der Waals surface area contributed by atoms with Gasteiger partial charge in [-0.15, -0.1) is 11.3 Å². The van der Waals surface area contributed by atoms with Crippen molar-refractivity contribution in [3.8, 4) is 11.1 Å². The molecule has 0 saturated carbocycles. The Balaban J connectivity index is 1.76. The van der Waals surface area contributed by atoms with E-state index in [1.807, 2.05) is 30.7 Å². The van der Waals surface area contributed by atoms with Crippen molar-refractivity contribution in [2.45, 2.75) is 38.3 Å². The molecule has 41 heavy (non-hydrogen) atoms. The first-order valence-corrected chi connectivity index (χ1v) is 15.6. The van der Waals surface area contributed by atoms with Gasteiger partial charge in [0.1, 0.15) is 0 Å². The third-order valence-electron chi connectivity index (χ3n) is 6.86. The molecule has 1 aromatic heterocycles. The van der Waals surface area contributed by atoms with E-state index in [9.17, 15) is 26.4 Å². The van der Waals surface area contributed by atoms with Crippen LogP contribution < -0.4 is 4.90 Å². The van der Waals surface area contributed by atoms with Crippen molar-refractivity contribution in [3.63, 3.8) is 0 Å². The number of esters is 1. The lowest BCUT2D eigenvalue weighted by molar-refractivity contribution is -0.137. The molecule has 0 bridgehead atoms. The molecule has 1 aliphatic heterocycles. The largest absolute Gasteiger partial charge is 0.461 e. The Morgan fingerprint density at radius 2 is 1.80 bits per heavy atom. The first-order chi connectivity index (χ1) is 19.4. The zero-order valence-electron chi connectivity index (χ0n) is 23.4. The minimum absolute atomic E-state index is 0.126. The molecule has 2 aromatic carbocycles. The Hall–Kier alpha value is -3.00. The van der Waals surface area contributed by atoms with Crippen LogP contribution in [0.1, 0.15) is 41.9 Å². The zero-order chi connectivity index (χ0) is 29.9. The minimum atomic E-state index is -4.79. The first kappa shape index (κ1) is 30.9. The molecule has 4 rings (SSSR count). The summed E-state index contributed by atoms with van der Waals surface area (Å²) < 4.78 is 75.9. The molecule has 0 aliphatic carbocycles. The topological polar surface area (TPSA) is 83.0 Å². The van der Waals surface area contributed by atoms with Gasteiger partial charge in [-0.1, -0.05) is 25.1 Å². The predicted octanol–water partition coefficient (Wildman–Crippen LogP) is 5.80. The van der Waals surface area contributed by atoms with E-state index in [2.05, 4.69) is 4.98 Å². The number of thiazole rings is 1. The number of carbonyl (C=O) groups is 1. The van der Waals surface area contributed by atoms with E-state index < -0.39 is 27.7 Å². The van der Waals surface area contributed by atoms with Gasteiger partial charge < -0.3 is 14.5 Å². The van der Waals surface area contributed by atoms with Crippen molar-refractivity contribution >= 4 is 38.1 Å². The van der Waals surface area contributed by atoms with Crippen LogP contribution in [0.4, 0.5) is 24.0 Å². The molecule has 1 fully saturated rings. The molecule has 0 N–H and O–H groups in total. The van der Waals surface area contributed by atoms with Crippen LogP contribution >= 0.6 is 11.3 Å². The van der Waals surface area contributed by atoms with E-state index in [-0.39, 0.29) is 41.4 Å². The van der Waals surface area contributed by atoms with E-state index in [0.717, 1.165) is 11.6 Å². The molecule has 2 heterocycles. The Morgan fingerprint density at radius 3 is 2.44 bits per heavy atom. The second-order valence-electron chi connectivity index (χ2n) is 9.80. The fraction of sp³-hybridized carbons (Fsp3) is 0.429. The van der Waals surface area contributed by atoms with Crippen molar-refractivity contribution < 1.29 is 31.1 Å². The molecule has 0 atom stereocenters. The summed E-state index contributed by atoms with van der Waals surface area (Å²) >= 11 is 1.24. The van der Waals surface area contributed by atoms with Gasteiger partial charge >= 0.3 is 12.1 Å². The average Bonchev–Trinajstić information content (AvgIpc) is 3.42. The van der Waals surface area contributed by atoms with Crippen LogP contribution in [0.15, 0.2) is 46.7 Å². The second kappa shape index (κ2) is 12.5. The normalized spacial score (nSPS) is 15.2. The lowest BCUT2D eigenvalue weighted by Gasteiger charge is -2.31. The number of alkyl halides is 3. The molecule has 0 spiro atoms. The fourth-order valence-corrected chi connectivity index (χ4v) is 6.93. The standard InChI is InChI=1S/C28H33F3N4O4S2/c1-5-11-35(27-32-24(18-40-27)26(36)39-6-2)25-16-20(8-7-19(25)3)22-10-9-21(17-23(22)28(29,30)31)41(37,38)34-14-12-33(4)13-15-34/h7-10,16-18H,5-6,11-15H2,1-4H3. The Morgan fingerprint density at radius 1 is 1.10 bits per heavy atom. The van der Waals surface area contributed by atoms with Gasteiger partial charge in [0.15, 0.2) is 10.8 Å².